The van der Waals surface area contributed by atoms with Crippen molar-refractivity contribution < 1.29 is 0 Å². The van der Waals surface area contributed by atoms with Crippen molar-refractivity contribution in [1.82, 2.24) is 4.90 Å². The minimum atomic E-state index is 0.348. The SMILES string of the molecule is CCCCN(C(C)CC)C(CN)c1sccc1Br. The third-order valence-electron chi connectivity index (χ3n) is 3.50. The van der Waals surface area contributed by atoms with Crippen LogP contribution in [0.4, 0.5) is 0 Å². The molecule has 2 atom stereocenters. The summed E-state index contributed by atoms with van der Waals surface area (Å²) in [6.07, 6.45) is 3.64. The van der Waals surface area contributed by atoms with Crippen molar-refractivity contribution in [3.05, 3.63) is 20.8 Å². The molecule has 0 aliphatic rings. The maximum absolute atomic E-state index is 6.04. The fourth-order valence-corrected chi connectivity index (χ4v) is 3.97. The summed E-state index contributed by atoms with van der Waals surface area (Å²) in [6.45, 7) is 8.62. The van der Waals surface area contributed by atoms with E-state index in [1.165, 1.54) is 28.6 Å². The van der Waals surface area contributed by atoms with E-state index in [-0.39, 0.29) is 0 Å². The molecule has 2 N–H and O–H groups in total. The Labute approximate surface area is 124 Å². The molecule has 0 amide bonds. The summed E-state index contributed by atoms with van der Waals surface area (Å²) < 4.78 is 1.20. The molecule has 0 fully saturated rings. The van der Waals surface area contributed by atoms with Gasteiger partial charge in [0.05, 0.1) is 6.04 Å². The molecule has 1 heterocycles. The van der Waals surface area contributed by atoms with Crippen LogP contribution in [0.1, 0.15) is 51.0 Å². The second-order valence-electron chi connectivity index (χ2n) is 4.73. The number of rotatable bonds is 8. The lowest BCUT2D eigenvalue weighted by Gasteiger charge is -2.35. The zero-order valence-corrected chi connectivity index (χ0v) is 14.1. The normalized spacial score (nSPS) is 15.0. The molecule has 0 saturated heterocycles. The first-order valence-electron chi connectivity index (χ1n) is 6.84. The molecule has 4 heteroatoms. The molecule has 0 aliphatic carbocycles. The van der Waals surface area contributed by atoms with E-state index in [9.17, 15) is 0 Å². The second-order valence-corrected chi connectivity index (χ2v) is 6.53. The van der Waals surface area contributed by atoms with Gasteiger partial charge in [0.25, 0.3) is 0 Å². The predicted molar refractivity (Wildman–Crippen MR) is 85.2 cm³/mol. The number of nitrogens with two attached hydrogens (primary N) is 1. The Morgan fingerprint density at radius 2 is 2.17 bits per heavy atom. The molecule has 0 spiro atoms. The van der Waals surface area contributed by atoms with Gasteiger partial charge >= 0.3 is 0 Å². The van der Waals surface area contributed by atoms with E-state index in [4.69, 9.17) is 5.73 Å². The topological polar surface area (TPSA) is 29.3 Å². The Morgan fingerprint density at radius 3 is 2.61 bits per heavy atom. The molecule has 1 aromatic rings. The van der Waals surface area contributed by atoms with E-state index < -0.39 is 0 Å². The highest BCUT2D eigenvalue weighted by atomic mass is 79.9. The number of unbranched alkanes of at least 4 members (excludes halogenated alkanes) is 1. The summed E-state index contributed by atoms with van der Waals surface area (Å²) in [6, 6.07) is 3.05. The van der Waals surface area contributed by atoms with Gasteiger partial charge in [-0.2, -0.15) is 0 Å². The van der Waals surface area contributed by atoms with Crippen LogP contribution in [0.2, 0.25) is 0 Å². The van der Waals surface area contributed by atoms with E-state index in [0.717, 1.165) is 6.54 Å². The summed E-state index contributed by atoms with van der Waals surface area (Å²) in [5.74, 6) is 0. The maximum Gasteiger partial charge on any atom is 0.0578 e. The summed E-state index contributed by atoms with van der Waals surface area (Å²) in [4.78, 5) is 3.94. The second kappa shape index (κ2) is 8.31. The lowest BCUT2D eigenvalue weighted by atomic mass is 10.1. The van der Waals surface area contributed by atoms with Crippen LogP contribution in [0.25, 0.3) is 0 Å². The fraction of sp³-hybridized carbons (Fsp3) is 0.714. The van der Waals surface area contributed by atoms with Crippen molar-refractivity contribution in [2.45, 2.75) is 52.1 Å². The Hall–Kier alpha value is 0.100. The molecule has 0 bridgehead atoms. The molecule has 1 rings (SSSR count). The van der Waals surface area contributed by atoms with Gasteiger partial charge in [0, 0.05) is 21.9 Å². The Kier molecular flexibility index (Phi) is 7.46. The van der Waals surface area contributed by atoms with Crippen LogP contribution in [0.15, 0.2) is 15.9 Å². The Balaban J connectivity index is 2.89. The zero-order valence-electron chi connectivity index (χ0n) is 11.7. The molecule has 0 aliphatic heterocycles. The summed E-state index contributed by atoms with van der Waals surface area (Å²) in [5.41, 5.74) is 6.04. The number of hydrogen-bond acceptors (Lipinski definition) is 3. The molecule has 0 aromatic carbocycles. The monoisotopic (exact) mass is 332 g/mol. The molecule has 0 radical (unpaired) electrons. The molecular weight excluding hydrogens is 308 g/mol. The highest BCUT2D eigenvalue weighted by Gasteiger charge is 2.25. The summed E-state index contributed by atoms with van der Waals surface area (Å²) >= 11 is 5.45. The van der Waals surface area contributed by atoms with Crippen molar-refractivity contribution in [3.8, 4) is 0 Å². The van der Waals surface area contributed by atoms with Crippen LogP contribution in [0, 0.1) is 0 Å². The van der Waals surface area contributed by atoms with E-state index in [1.807, 2.05) is 0 Å². The van der Waals surface area contributed by atoms with E-state index >= 15 is 0 Å². The van der Waals surface area contributed by atoms with E-state index in [0.29, 0.717) is 18.6 Å². The third kappa shape index (κ3) is 4.05. The highest BCUT2D eigenvalue weighted by molar-refractivity contribution is 9.10. The van der Waals surface area contributed by atoms with Gasteiger partial charge in [-0.3, -0.25) is 4.90 Å². The Bertz CT molecular complexity index is 340. The molecular formula is C14H25BrN2S. The van der Waals surface area contributed by atoms with Gasteiger partial charge in [-0.15, -0.1) is 11.3 Å². The minimum Gasteiger partial charge on any atom is -0.329 e. The molecule has 0 saturated carbocycles. The largest absolute Gasteiger partial charge is 0.329 e. The average Bonchev–Trinajstić information content (AvgIpc) is 2.80. The van der Waals surface area contributed by atoms with Gasteiger partial charge in [-0.1, -0.05) is 20.3 Å². The number of hydrogen-bond donors (Lipinski definition) is 1. The van der Waals surface area contributed by atoms with Crippen molar-refractivity contribution >= 4 is 27.3 Å². The smallest absolute Gasteiger partial charge is 0.0578 e. The molecule has 1 aromatic heterocycles. The van der Waals surface area contributed by atoms with Crippen LogP contribution in [0.5, 0.6) is 0 Å². The van der Waals surface area contributed by atoms with Gasteiger partial charge < -0.3 is 5.73 Å². The number of halogens is 1. The predicted octanol–water partition coefficient (Wildman–Crippen LogP) is 4.41. The number of nitrogens with zero attached hydrogens (tertiary/aromatic N) is 1. The molecule has 2 nitrogen and oxygen atoms in total. The maximum atomic E-state index is 6.04. The summed E-state index contributed by atoms with van der Waals surface area (Å²) in [5, 5.41) is 2.14. The van der Waals surface area contributed by atoms with Crippen LogP contribution in [-0.2, 0) is 0 Å². The lowest BCUT2D eigenvalue weighted by Crippen LogP contribution is -2.40. The van der Waals surface area contributed by atoms with Crippen LogP contribution < -0.4 is 5.73 Å². The Morgan fingerprint density at radius 1 is 1.44 bits per heavy atom. The first kappa shape index (κ1) is 16.2. The fourth-order valence-electron chi connectivity index (χ4n) is 2.19. The standard InChI is InChI=1S/C14H25BrN2S/c1-4-6-8-17(11(3)5-2)13(10-16)14-12(15)7-9-18-14/h7,9,11,13H,4-6,8,10,16H2,1-3H3. The first-order chi connectivity index (χ1) is 8.65. The van der Waals surface area contributed by atoms with Gasteiger partial charge in [-0.05, 0) is 53.7 Å². The van der Waals surface area contributed by atoms with Gasteiger partial charge in [0.15, 0.2) is 0 Å². The molecule has 18 heavy (non-hydrogen) atoms. The van der Waals surface area contributed by atoms with E-state index in [2.05, 4.69) is 53.0 Å². The van der Waals surface area contributed by atoms with Gasteiger partial charge in [-0.25, -0.2) is 0 Å². The van der Waals surface area contributed by atoms with Gasteiger partial charge in [0.1, 0.15) is 0 Å². The minimum absolute atomic E-state index is 0.348. The van der Waals surface area contributed by atoms with Crippen LogP contribution in [0.3, 0.4) is 0 Å². The number of thiophene rings is 1. The zero-order chi connectivity index (χ0) is 13.5. The van der Waals surface area contributed by atoms with Crippen molar-refractivity contribution in [2.24, 2.45) is 5.73 Å². The third-order valence-corrected chi connectivity index (χ3v) is 5.47. The molecule has 2 unspecified atom stereocenters. The van der Waals surface area contributed by atoms with Crippen LogP contribution >= 0.6 is 27.3 Å². The highest BCUT2D eigenvalue weighted by Crippen LogP contribution is 2.33. The summed E-state index contributed by atoms with van der Waals surface area (Å²) in [7, 11) is 0. The van der Waals surface area contributed by atoms with Crippen molar-refractivity contribution in [1.29, 1.82) is 0 Å². The van der Waals surface area contributed by atoms with Gasteiger partial charge in [0.2, 0.25) is 0 Å². The first-order valence-corrected chi connectivity index (χ1v) is 8.51. The quantitative estimate of drug-likeness (QED) is 0.763. The van der Waals surface area contributed by atoms with Crippen LogP contribution in [-0.4, -0.2) is 24.0 Å². The lowest BCUT2D eigenvalue weighted by molar-refractivity contribution is 0.142. The van der Waals surface area contributed by atoms with Crippen molar-refractivity contribution in [2.75, 3.05) is 13.1 Å². The van der Waals surface area contributed by atoms with E-state index in [1.54, 1.807) is 11.3 Å². The van der Waals surface area contributed by atoms with Crippen molar-refractivity contribution in [3.63, 3.8) is 0 Å². The molecule has 104 valence electrons. The average molecular weight is 333 g/mol.